The zero-order valence-electron chi connectivity index (χ0n) is 8.64. The number of aromatic nitrogens is 2. The van der Waals surface area contributed by atoms with Crippen molar-refractivity contribution in [3.05, 3.63) is 40.3 Å². The predicted octanol–water partition coefficient (Wildman–Crippen LogP) is 3.37. The van der Waals surface area contributed by atoms with Crippen molar-refractivity contribution in [1.82, 2.24) is 9.97 Å². The Hall–Kier alpha value is -2.21. The van der Waals surface area contributed by atoms with Gasteiger partial charge in [0.05, 0.1) is 11.4 Å². The highest BCUT2D eigenvalue weighted by atomic mass is 32.1. The van der Waals surface area contributed by atoms with Crippen LogP contribution in [0.3, 0.4) is 0 Å². The fourth-order valence-electron chi connectivity index (χ4n) is 1.67. The number of nitrogens with one attached hydrogen (secondary N) is 2. The van der Waals surface area contributed by atoms with Gasteiger partial charge >= 0.3 is 0 Å². The van der Waals surface area contributed by atoms with Crippen LogP contribution >= 0.6 is 12.2 Å². The minimum absolute atomic E-state index is 0.00193. The third-order valence-corrected chi connectivity index (χ3v) is 2.67. The largest absolute Gasteiger partial charge is 0.493 e. The van der Waals surface area contributed by atoms with Gasteiger partial charge in [-0.2, -0.15) is 0 Å². The molecule has 0 spiro atoms. The normalized spacial score (nSPS) is 15.4. The minimum Gasteiger partial charge on any atom is -0.493 e. The molecule has 0 aliphatic carbocycles. The topological polar surface area (TPSA) is 76.5 Å². The molecule has 0 atom stereocenters. The summed E-state index contributed by atoms with van der Waals surface area (Å²) in [7, 11) is 0. The van der Waals surface area contributed by atoms with E-state index in [-0.39, 0.29) is 5.88 Å². The van der Waals surface area contributed by atoms with Gasteiger partial charge in [-0.05, 0) is 24.4 Å². The molecular weight excluding hydrogens is 236 g/mol. The lowest BCUT2D eigenvalue weighted by molar-refractivity contribution is 0.455. The van der Waals surface area contributed by atoms with E-state index in [1.165, 1.54) is 0 Å². The Labute approximate surface area is 102 Å². The third kappa shape index (κ3) is 1.68. The van der Waals surface area contributed by atoms with Gasteiger partial charge in [-0.15, -0.1) is 10.2 Å². The number of azo groups is 1. The van der Waals surface area contributed by atoms with Crippen LogP contribution in [-0.4, -0.2) is 15.1 Å². The van der Waals surface area contributed by atoms with Crippen LogP contribution in [-0.2, 0) is 0 Å². The lowest BCUT2D eigenvalue weighted by Gasteiger charge is -1.95. The molecule has 0 saturated carbocycles. The van der Waals surface area contributed by atoms with Gasteiger partial charge in [0.1, 0.15) is 5.69 Å². The molecule has 6 heteroatoms. The Morgan fingerprint density at radius 1 is 1.18 bits per heavy atom. The van der Waals surface area contributed by atoms with E-state index in [0.29, 0.717) is 16.2 Å². The Balaban J connectivity index is 2.11. The molecule has 1 aliphatic rings. The first kappa shape index (κ1) is 9.98. The first-order valence-corrected chi connectivity index (χ1v) is 5.39. The van der Waals surface area contributed by atoms with Crippen molar-refractivity contribution in [2.75, 3.05) is 0 Å². The number of hydrogen-bond acceptors (Lipinski definition) is 4. The van der Waals surface area contributed by atoms with Crippen molar-refractivity contribution >= 4 is 29.7 Å². The Morgan fingerprint density at radius 2 is 2.00 bits per heavy atom. The highest BCUT2D eigenvalue weighted by molar-refractivity contribution is 7.71. The van der Waals surface area contributed by atoms with Crippen molar-refractivity contribution in [3.63, 3.8) is 0 Å². The van der Waals surface area contributed by atoms with Crippen LogP contribution in [0.4, 0.5) is 5.69 Å². The molecule has 3 N–H and O–H groups in total. The maximum atomic E-state index is 9.57. The van der Waals surface area contributed by atoms with Crippen molar-refractivity contribution in [1.29, 1.82) is 0 Å². The lowest BCUT2D eigenvalue weighted by Crippen LogP contribution is -1.78. The molecule has 0 unspecified atom stereocenters. The zero-order valence-corrected chi connectivity index (χ0v) is 9.45. The lowest BCUT2D eigenvalue weighted by atomic mass is 10.1. The summed E-state index contributed by atoms with van der Waals surface area (Å²) in [5, 5.41) is 17.7. The molecule has 0 bridgehead atoms. The summed E-state index contributed by atoms with van der Waals surface area (Å²) in [5.41, 5.74) is 2.96. The fourth-order valence-corrected chi connectivity index (χ4v) is 1.88. The van der Waals surface area contributed by atoms with E-state index in [9.17, 15) is 5.11 Å². The molecule has 1 aromatic heterocycles. The van der Waals surface area contributed by atoms with Gasteiger partial charge in [0, 0.05) is 5.56 Å². The van der Waals surface area contributed by atoms with E-state index in [4.69, 9.17) is 12.2 Å². The molecule has 0 fully saturated rings. The van der Waals surface area contributed by atoms with Crippen LogP contribution in [0.5, 0.6) is 5.88 Å². The quantitative estimate of drug-likeness (QED) is 0.672. The molecule has 1 aliphatic heterocycles. The molecule has 17 heavy (non-hydrogen) atoms. The Morgan fingerprint density at radius 3 is 2.76 bits per heavy atom. The number of H-pyrrole nitrogens is 2. The summed E-state index contributed by atoms with van der Waals surface area (Å²) in [5.74, 6) is 0.00193. The average molecular weight is 244 g/mol. The van der Waals surface area contributed by atoms with Crippen LogP contribution < -0.4 is 0 Å². The van der Waals surface area contributed by atoms with Crippen LogP contribution in [0.1, 0.15) is 11.3 Å². The first-order valence-electron chi connectivity index (χ1n) is 4.98. The fraction of sp³-hybridized carbons (Fsp3) is 0. The molecule has 1 aromatic carbocycles. The van der Waals surface area contributed by atoms with E-state index in [0.717, 1.165) is 11.3 Å². The zero-order chi connectivity index (χ0) is 11.8. The molecule has 84 valence electrons. The smallest absolute Gasteiger partial charge is 0.215 e. The van der Waals surface area contributed by atoms with E-state index >= 15 is 0 Å². The van der Waals surface area contributed by atoms with Crippen molar-refractivity contribution in [3.8, 4) is 5.88 Å². The monoisotopic (exact) mass is 244 g/mol. The summed E-state index contributed by atoms with van der Waals surface area (Å²) in [6.45, 7) is 0. The molecule has 2 heterocycles. The van der Waals surface area contributed by atoms with Crippen LogP contribution in [0.2, 0.25) is 0 Å². The van der Waals surface area contributed by atoms with Gasteiger partial charge in [-0.3, -0.25) is 0 Å². The SMILES string of the molecule is Oc1[nH]c(=S)[nH]c1/C=C1\N=Nc2ccccc21. The van der Waals surface area contributed by atoms with E-state index in [1.54, 1.807) is 6.08 Å². The number of benzene rings is 1. The standard InChI is InChI=1S/C11H8N4OS/c16-10-9(12-11(17)13-10)5-8-6-3-1-2-4-7(6)14-15-8/h1-5,16H,(H2,12,13,17)/b8-5-. The second-order valence-electron chi connectivity index (χ2n) is 3.59. The highest BCUT2D eigenvalue weighted by Gasteiger charge is 2.14. The maximum Gasteiger partial charge on any atom is 0.215 e. The summed E-state index contributed by atoms with van der Waals surface area (Å²) < 4.78 is 0.373. The van der Waals surface area contributed by atoms with Crippen LogP contribution in [0.25, 0.3) is 11.8 Å². The van der Waals surface area contributed by atoms with Crippen LogP contribution in [0.15, 0.2) is 34.5 Å². The second kappa shape index (κ2) is 3.67. The van der Waals surface area contributed by atoms with Gasteiger partial charge in [0.15, 0.2) is 4.77 Å². The van der Waals surface area contributed by atoms with E-state index in [2.05, 4.69) is 20.2 Å². The Kier molecular flexibility index (Phi) is 2.15. The number of fused-ring (bicyclic) bond motifs is 1. The van der Waals surface area contributed by atoms with Gasteiger partial charge in [-0.1, -0.05) is 18.2 Å². The second-order valence-corrected chi connectivity index (χ2v) is 4.00. The summed E-state index contributed by atoms with van der Waals surface area (Å²) in [4.78, 5) is 5.44. The van der Waals surface area contributed by atoms with E-state index < -0.39 is 0 Å². The Bertz CT molecular complexity index is 695. The number of imidazole rings is 1. The molecule has 0 radical (unpaired) electrons. The third-order valence-electron chi connectivity index (χ3n) is 2.46. The molecule has 2 aromatic rings. The number of aromatic hydroxyl groups is 1. The van der Waals surface area contributed by atoms with Crippen LogP contribution in [0, 0.1) is 4.77 Å². The van der Waals surface area contributed by atoms with Gasteiger partial charge < -0.3 is 15.1 Å². The number of nitrogens with zero attached hydrogens (tertiary/aromatic N) is 2. The first-order chi connectivity index (χ1) is 8.24. The molecule has 0 amide bonds. The van der Waals surface area contributed by atoms with Gasteiger partial charge in [0.2, 0.25) is 5.88 Å². The van der Waals surface area contributed by atoms with Crippen molar-refractivity contribution < 1.29 is 5.11 Å². The van der Waals surface area contributed by atoms with Gasteiger partial charge in [-0.25, -0.2) is 0 Å². The van der Waals surface area contributed by atoms with Gasteiger partial charge in [0.25, 0.3) is 0 Å². The molecular formula is C11H8N4OS. The molecule has 0 saturated heterocycles. The summed E-state index contributed by atoms with van der Waals surface area (Å²) >= 11 is 4.88. The molecule has 5 nitrogen and oxygen atoms in total. The van der Waals surface area contributed by atoms with Crippen molar-refractivity contribution in [2.45, 2.75) is 0 Å². The molecule has 3 rings (SSSR count). The van der Waals surface area contributed by atoms with Crippen molar-refractivity contribution in [2.24, 2.45) is 10.2 Å². The number of rotatable bonds is 1. The predicted molar refractivity (Wildman–Crippen MR) is 66.5 cm³/mol. The highest BCUT2D eigenvalue weighted by Crippen LogP contribution is 2.35. The number of hydrogen-bond donors (Lipinski definition) is 3. The van der Waals surface area contributed by atoms with E-state index in [1.807, 2.05) is 24.3 Å². The maximum absolute atomic E-state index is 9.57. The number of aromatic amines is 2. The average Bonchev–Trinajstić information content (AvgIpc) is 2.85. The summed E-state index contributed by atoms with van der Waals surface area (Å²) in [6.07, 6.45) is 1.71. The summed E-state index contributed by atoms with van der Waals surface area (Å²) in [6, 6.07) is 7.64. The minimum atomic E-state index is 0.00193.